The number of hydrogen-bond donors (Lipinski definition) is 1. The van der Waals surface area contributed by atoms with Gasteiger partial charge in [0.25, 0.3) is 0 Å². The average Bonchev–Trinajstić information content (AvgIpc) is 2.82. The molecule has 4 heteroatoms. The number of likely N-dealkylation sites (N-methyl/N-ethyl adjacent to an activating group) is 1. The van der Waals surface area contributed by atoms with Crippen LogP contribution in [0.4, 0.5) is 0 Å². The summed E-state index contributed by atoms with van der Waals surface area (Å²) in [6.45, 7) is 6.72. The number of carbonyl (C=O) groups is 1. The van der Waals surface area contributed by atoms with Gasteiger partial charge in [0.15, 0.2) is 5.78 Å². The summed E-state index contributed by atoms with van der Waals surface area (Å²) >= 11 is 0. The monoisotopic (exact) mass is 340 g/mol. The molecule has 3 aliphatic rings. The summed E-state index contributed by atoms with van der Waals surface area (Å²) < 4.78 is 0. The maximum atomic E-state index is 13.0. The fraction of sp³-hybridized carbons (Fsp3) is 0.571. The largest absolute Gasteiger partial charge is 0.391 e. The van der Waals surface area contributed by atoms with Crippen molar-refractivity contribution in [2.45, 2.75) is 45.4 Å². The van der Waals surface area contributed by atoms with Crippen LogP contribution in [0.3, 0.4) is 0 Å². The molecule has 1 aliphatic carbocycles. The van der Waals surface area contributed by atoms with Crippen LogP contribution < -0.4 is 0 Å². The van der Waals surface area contributed by atoms with Crippen molar-refractivity contribution in [3.8, 4) is 0 Å². The lowest BCUT2D eigenvalue weighted by atomic mass is 9.72. The highest BCUT2D eigenvalue weighted by Crippen LogP contribution is 2.49. The molecule has 134 valence electrons. The number of ketones is 1. The highest BCUT2D eigenvalue weighted by Gasteiger charge is 2.52. The molecule has 1 N–H and O–H groups in total. The quantitative estimate of drug-likeness (QED) is 0.898. The Labute approximate surface area is 150 Å². The molecule has 0 saturated carbocycles. The third-order valence-corrected chi connectivity index (χ3v) is 6.00. The van der Waals surface area contributed by atoms with Crippen LogP contribution in [-0.4, -0.2) is 53.0 Å². The second-order valence-corrected chi connectivity index (χ2v) is 8.80. The van der Waals surface area contributed by atoms with Crippen molar-refractivity contribution in [3.63, 3.8) is 0 Å². The smallest absolute Gasteiger partial charge is 0.161 e. The van der Waals surface area contributed by atoms with E-state index in [4.69, 9.17) is 0 Å². The lowest BCUT2D eigenvalue weighted by Gasteiger charge is -2.41. The number of aliphatic hydroxyl groups excluding tert-OH is 1. The molecule has 0 bridgehead atoms. The second-order valence-electron chi connectivity index (χ2n) is 8.80. The van der Waals surface area contributed by atoms with Crippen LogP contribution in [0.15, 0.2) is 41.6 Å². The van der Waals surface area contributed by atoms with Gasteiger partial charge in [-0.25, -0.2) is 0 Å². The number of allylic oxidation sites excluding steroid dienone is 1. The first-order valence-corrected chi connectivity index (χ1v) is 9.29. The topological polar surface area (TPSA) is 43.8 Å². The molecule has 4 rings (SSSR count). The molecule has 0 amide bonds. The van der Waals surface area contributed by atoms with Crippen LogP contribution >= 0.6 is 0 Å². The second kappa shape index (κ2) is 5.96. The zero-order valence-electron chi connectivity index (χ0n) is 15.4. The summed E-state index contributed by atoms with van der Waals surface area (Å²) in [5.74, 6) is 0.221. The van der Waals surface area contributed by atoms with Crippen LogP contribution in [0, 0.1) is 11.3 Å². The highest BCUT2D eigenvalue weighted by atomic mass is 16.3. The molecule has 0 aromatic heterocycles. The molecule has 2 aliphatic heterocycles. The number of rotatable bonds is 2. The van der Waals surface area contributed by atoms with Crippen molar-refractivity contribution in [2.75, 3.05) is 20.1 Å². The molecule has 3 atom stereocenters. The van der Waals surface area contributed by atoms with Gasteiger partial charge in [-0.1, -0.05) is 44.2 Å². The van der Waals surface area contributed by atoms with Gasteiger partial charge in [-0.15, -0.1) is 0 Å². The number of carbonyl (C=O) groups excluding carboxylic acids is 1. The number of nitrogens with zero attached hydrogens (tertiary/aromatic N) is 2. The fourth-order valence-electron chi connectivity index (χ4n) is 5.00. The SMILES string of the molecule is CN1C[C@@H]2[C@H](C3=C(CC(C)(C)CC3=O)N2Cc2ccccc2)[C@@H](O)C1. The van der Waals surface area contributed by atoms with Crippen molar-refractivity contribution in [1.82, 2.24) is 9.80 Å². The van der Waals surface area contributed by atoms with Crippen molar-refractivity contribution in [2.24, 2.45) is 11.3 Å². The number of β-amino-alcohol motifs (C(OH)–C–C–N with tert-alkyl or cyclic N) is 1. The van der Waals surface area contributed by atoms with Crippen molar-refractivity contribution >= 4 is 5.78 Å². The van der Waals surface area contributed by atoms with E-state index in [2.05, 4.69) is 55.0 Å². The van der Waals surface area contributed by atoms with Crippen molar-refractivity contribution in [1.29, 1.82) is 0 Å². The number of benzene rings is 1. The minimum absolute atomic E-state index is 0.00476. The van der Waals surface area contributed by atoms with E-state index in [1.807, 2.05) is 6.07 Å². The van der Waals surface area contributed by atoms with Gasteiger partial charge in [-0.05, 0) is 24.4 Å². The van der Waals surface area contributed by atoms with Gasteiger partial charge in [0.2, 0.25) is 0 Å². The van der Waals surface area contributed by atoms with E-state index in [9.17, 15) is 9.90 Å². The summed E-state index contributed by atoms with van der Waals surface area (Å²) in [7, 11) is 2.06. The highest BCUT2D eigenvalue weighted by molar-refractivity contribution is 5.98. The minimum Gasteiger partial charge on any atom is -0.391 e. The van der Waals surface area contributed by atoms with Gasteiger partial charge in [-0.3, -0.25) is 4.79 Å². The van der Waals surface area contributed by atoms with E-state index >= 15 is 0 Å². The van der Waals surface area contributed by atoms with E-state index in [1.54, 1.807) is 0 Å². The number of aliphatic hydroxyl groups is 1. The lowest BCUT2D eigenvalue weighted by molar-refractivity contribution is -0.119. The molecule has 25 heavy (non-hydrogen) atoms. The molecule has 0 unspecified atom stereocenters. The Kier molecular flexibility index (Phi) is 4.00. The van der Waals surface area contributed by atoms with E-state index in [1.165, 1.54) is 11.3 Å². The third kappa shape index (κ3) is 2.91. The number of Topliss-reactive ketones (excluding diaryl/α,β-unsaturated/α-hetero) is 1. The Morgan fingerprint density at radius 2 is 1.88 bits per heavy atom. The summed E-state index contributed by atoms with van der Waals surface area (Å²) in [5.41, 5.74) is 3.37. The van der Waals surface area contributed by atoms with Crippen LogP contribution in [0.2, 0.25) is 0 Å². The van der Waals surface area contributed by atoms with Crippen LogP contribution in [0.5, 0.6) is 0 Å². The standard InChI is InChI=1S/C21H28N2O2/c1-21(2)9-15-19(17(24)10-21)20-16(12-22(3)13-18(20)25)23(15)11-14-7-5-4-6-8-14/h4-8,16,18,20,25H,9-13H2,1-3H3/t16-,18+,20+/m1/s1. The summed E-state index contributed by atoms with van der Waals surface area (Å²) in [5, 5.41) is 10.8. The van der Waals surface area contributed by atoms with Gasteiger partial charge in [0, 0.05) is 43.2 Å². The molecule has 0 spiro atoms. The zero-order chi connectivity index (χ0) is 17.8. The third-order valence-electron chi connectivity index (χ3n) is 6.00. The minimum atomic E-state index is -0.459. The Hall–Kier alpha value is -1.65. The molecular formula is C21H28N2O2. The van der Waals surface area contributed by atoms with E-state index in [0.29, 0.717) is 13.0 Å². The first-order valence-electron chi connectivity index (χ1n) is 9.29. The van der Waals surface area contributed by atoms with Gasteiger partial charge >= 0.3 is 0 Å². The van der Waals surface area contributed by atoms with Gasteiger partial charge in [0.1, 0.15) is 0 Å². The first kappa shape index (κ1) is 16.8. The Morgan fingerprint density at radius 3 is 2.60 bits per heavy atom. The maximum absolute atomic E-state index is 13.0. The zero-order valence-corrected chi connectivity index (χ0v) is 15.4. The normalized spacial score (nSPS) is 31.9. The van der Waals surface area contributed by atoms with Crippen LogP contribution in [0.25, 0.3) is 0 Å². The number of likely N-dealkylation sites (tertiary alicyclic amines) is 1. The number of piperidine rings is 1. The molecule has 1 aromatic rings. The van der Waals surface area contributed by atoms with Crippen molar-refractivity contribution < 1.29 is 9.90 Å². The average molecular weight is 340 g/mol. The van der Waals surface area contributed by atoms with Gasteiger partial charge < -0.3 is 14.9 Å². The van der Waals surface area contributed by atoms with Crippen LogP contribution in [0.1, 0.15) is 32.3 Å². The maximum Gasteiger partial charge on any atom is 0.161 e. The van der Waals surface area contributed by atoms with E-state index in [0.717, 1.165) is 25.1 Å². The van der Waals surface area contributed by atoms with E-state index in [-0.39, 0.29) is 23.2 Å². The predicted octanol–water partition coefficient (Wildman–Crippen LogP) is 2.44. The molecule has 2 heterocycles. The fourth-order valence-corrected chi connectivity index (χ4v) is 5.00. The van der Waals surface area contributed by atoms with Gasteiger partial charge in [0.05, 0.1) is 12.1 Å². The Bertz CT molecular complexity index is 710. The molecule has 1 aromatic carbocycles. The molecule has 1 fully saturated rings. The van der Waals surface area contributed by atoms with Crippen molar-refractivity contribution in [3.05, 3.63) is 47.2 Å². The lowest BCUT2D eigenvalue weighted by Crippen LogP contribution is -2.54. The van der Waals surface area contributed by atoms with Crippen LogP contribution in [-0.2, 0) is 11.3 Å². The Balaban J connectivity index is 1.75. The molecule has 1 saturated heterocycles. The predicted molar refractivity (Wildman–Crippen MR) is 97.8 cm³/mol. The molecule has 4 nitrogen and oxygen atoms in total. The van der Waals surface area contributed by atoms with E-state index < -0.39 is 6.10 Å². The number of fused-ring (bicyclic) bond motifs is 2. The summed E-state index contributed by atoms with van der Waals surface area (Å²) in [4.78, 5) is 17.6. The summed E-state index contributed by atoms with van der Waals surface area (Å²) in [6.07, 6.45) is 1.06. The summed E-state index contributed by atoms with van der Waals surface area (Å²) in [6, 6.07) is 10.6. The van der Waals surface area contributed by atoms with Gasteiger partial charge in [-0.2, -0.15) is 0 Å². The molecule has 0 radical (unpaired) electrons. The Morgan fingerprint density at radius 1 is 1.16 bits per heavy atom. The molecular weight excluding hydrogens is 312 g/mol. The first-order chi connectivity index (χ1) is 11.9. The number of hydrogen-bond acceptors (Lipinski definition) is 4.